The van der Waals surface area contributed by atoms with E-state index < -0.39 is 11.5 Å². The Balaban J connectivity index is 2.61. The van der Waals surface area contributed by atoms with E-state index in [0.29, 0.717) is 22.8 Å². The van der Waals surface area contributed by atoms with Crippen molar-refractivity contribution in [2.75, 3.05) is 26.0 Å². The standard InChI is InChI=1S/C18H18Cl4N2O2/c1-24(2)8-7-18(17(25)26,11-5-3-4-6-12(11)19)23-16-10-14(21)13(20)9-15(16)22/h3-6,9-10,23H,7-8H2,1-2H3,(H,25,26). The lowest BCUT2D eigenvalue weighted by Crippen LogP contribution is -2.46. The summed E-state index contributed by atoms with van der Waals surface area (Å²) in [5.74, 6) is -1.07. The van der Waals surface area contributed by atoms with Crippen molar-refractivity contribution in [3.05, 3.63) is 62.1 Å². The monoisotopic (exact) mass is 434 g/mol. The minimum Gasteiger partial charge on any atom is -0.479 e. The fourth-order valence-corrected chi connectivity index (χ4v) is 3.48. The fourth-order valence-electron chi connectivity index (χ4n) is 2.59. The van der Waals surface area contributed by atoms with Crippen LogP contribution in [0.4, 0.5) is 5.69 Å². The Morgan fingerprint density at radius 2 is 1.65 bits per heavy atom. The molecule has 0 fully saturated rings. The van der Waals surface area contributed by atoms with Gasteiger partial charge in [-0.2, -0.15) is 0 Å². The summed E-state index contributed by atoms with van der Waals surface area (Å²) in [5, 5.41) is 14.4. The highest BCUT2D eigenvalue weighted by Gasteiger charge is 2.42. The smallest absolute Gasteiger partial charge is 0.334 e. The van der Waals surface area contributed by atoms with Gasteiger partial charge in [-0.25, -0.2) is 4.79 Å². The van der Waals surface area contributed by atoms with Gasteiger partial charge in [-0.05, 0) is 38.7 Å². The first-order valence-corrected chi connectivity index (χ1v) is 9.24. The van der Waals surface area contributed by atoms with E-state index in [4.69, 9.17) is 46.4 Å². The quantitative estimate of drug-likeness (QED) is 0.552. The van der Waals surface area contributed by atoms with Gasteiger partial charge in [-0.1, -0.05) is 64.6 Å². The summed E-state index contributed by atoms with van der Waals surface area (Å²) in [4.78, 5) is 14.3. The first-order valence-electron chi connectivity index (χ1n) is 7.73. The lowest BCUT2D eigenvalue weighted by atomic mass is 9.85. The number of benzene rings is 2. The molecule has 0 saturated heterocycles. The average Bonchev–Trinajstić information content (AvgIpc) is 2.56. The molecule has 0 aromatic heterocycles. The Hall–Kier alpha value is -1.17. The van der Waals surface area contributed by atoms with Gasteiger partial charge in [-0.15, -0.1) is 0 Å². The Labute approximate surface area is 172 Å². The number of carboxylic acids is 1. The van der Waals surface area contributed by atoms with E-state index in [1.165, 1.54) is 12.1 Å². The molecule has 0 bridgehead atoms. The molecule has 2 rings (SSSR count). The van der Waals surface area contributed by atoms with Crippen molar-refractivity contribution in [2.24, 2.45) is 0 Å². The minimum absolute atomic E-state index is 0.246. The molecule has 1 unspecified atom stereocenters. The summed E-state index contributed by atoms with van der Waals surface area (Å²) in [6, 6.07) is 9.81. The molecule has 2 aromatic carbocycles. The number of carboxylic acid groups (broad SMARTS) is 1. The summed E-state index contributed by atoms with van der Waals surface area (Å²) < 4.78 is 0. The predicted octanol–water partition coefficient (Wildman–Crippen LogP) is 5.64. The maximum Gasteiger partial charge on any atom is 0.334 e. The summed E-state index contributed by atoms with van der Waals surface area (Å²) in [7, 11) is 3.73. The van der Waals surface area contributed by atoms with Crippen LogP contribution in [0.5, 0.6) is 0 Å². The molecule has 26 heavy (non-hydrogen) atoms. The highest BCUT2D eigenvalue weighted by molar-refractivity contribution is 6.44. The normalized spacial score (nSPS) is 13.5. The molecule has 0 aliphatic heterocycles. The fraction of sp³-hybridized carbons (Fsp3) is 0.278. The molecule has 2 N–H and O–H groups in total. The SMILES string of the molecule is CN(C)CCC(Nc1cc(Cl)c(Cl)cc1Cl)(C(=O)O)c1ccccc1Cl. The Morgan fingerprint density at radius 3 is 2.23 bits per heavy atom. The van der Waals surface area contributed by atoms with Crippen molar-refractivity contribution in [3.8, 4) is 0 Å². The third kappa shape index (κ3) is 4.56. The van der Waals surface area contributed by atoms with E-state index in [1.807, 2.05) is 19.0 Å². The van der Waals surface area contributed by atoms with Crippen LogP contribution in [0.1, 0.15) is 12.0 Å². The van der Waals surface area contributed by atoms with Crippen LogP contribution in [0.15, 0.2) is 36.4 Å². The zero-order chi connectivity index (χ0) is 19.5. The van der Waals surface area contributed by atoms with E-state index in [2.05, 4.69) is 5.32 Å². The maximum atomic E-state index is 12.4. The van der Waals surface area contributed by atoms with E-state index in [1.54, 1.807) is 24.3 Å². The van der Waals surface area contributed by atoms with E-state index in [-0.39, 0.29) is 21.5 Å². The molecular weight excluding hydrogens is 418 g/mol. The van der Waals surface area contributed by atoms with Gasteiger partial charge >= 0.3 is 5.97 Å². The second-order valence-electron chi connectivity index (χ2n) is 6.11. The molecule has 0 aliphatic rings. The average molecular weight is 436 g/mol. The Bertz CT molecular complexity index is 814. The van der Waals surface area contributed by atoms with Crippen molar-refractivity contribution in [1.29, 1.82) is 0 Å². The summed E-state index contributed by atoms with van der Waals surface area (Å²) in [6.07, 6.45) is 0.246. The first kappa shape index (κ1) is 21.1. The maximum absolute atomic E-state index is 12.4. The van der Waals surface area contributed by atoms with Crippen molar-refractivity contribution < 1.29 is 9.90 Å². The Kier molecular flexibility index (Phi) is 7.05. The second-order valence-corrected chi connectivity index (χ2v) is 7.74. The second kappa shape index (κ2) is 8.68. The molecule has 1 atom stereocenters. The molecule has 0 saturated carbocycles. The number of aliphatic carboxylic acids is 1. The zero-order valence-corrected chi connectivity index (χ0v) is 17.2. The van der Waals surface area contributed by atoms with Crippen LogP contribution < -0.4 is 5.32 Å². The van der Waals surface area contributed by atoms with Crippen molar-refractivity contribution in [3.63, 3.8) is 0 Å². The molecule has 4 nitrogen and oxygen atoms in total. The van der Waals surface area contributed by atoms with Crippen LogP contribution in [0.2, 0.25) is 20.1 Å². The molecule has 0 spiro atoms. The van der Waals surface area contributed by atoms with Crippen molar-refractivity contribution >= 4 is 58.1 Å². The third-order valence-electron chi connectivity index (χ3n) is 3.99. The van der Waals surface area contributed by atoms with Crippen LogP contribution in [0, 0.1) is 0 Å². The largest absolute Gasteiger partial charge is 0.479 e. The highest BCUT2D eigenvalue weighted by Crippen LogP contribution is 2.39. The number of hydrogen-bond acceptors (Lipinski definition) is 3. The molecule has 0 heterocycles. The van der Waals surface area contributed by atoms with Crippen molar-refractivity contribution in [2.45, 2.75) is 12.0 Å². The van der Waals surface area contributed by atoms with Crippen LogP contribution in [0.3, 0.4) is 0 Å². The van der Waals surface area contributed by atoms with Gasteiger partial charge in [0.15, 0.2) is 5.54 Å². The number of nitrogens with zero attached hydrogens (tertiary/aromatic N) is 1. The van der Waals surface area contributed by atoms with Crippen LogP contribution >= 0.6 is 46.4 Å². The highest BCUT2D eigenvalue weighted by atomic mass is 35.5. The van der Waals surface area contributed by atoms with Gasteiger partial charge in [0.05, 0.1) is 20.8 Å². The van der Waals surface area contributed by atoms with E-state index in [0.717, 1.165) is 0 Å². The first-order chi connectivity index (χ1) is 12.2. The number of hydrogen-bond donors (Lipinski definition) is 2. The van der Waals surface area contributed by atoms with Crippen LogP contribution in [0.25, 0.3) is 0 Å². The van der Waals surface area contributed by atoms with Crippen molar-refractivity contribution in [1.82, 2.24) is 4.90 Å². The number of anilines is 1. The third-order valence-corrected chi connectivity index (χ3v) is 5.36. The van der Waals surface area contributed by atoms with Gasteiger partial charge < -0.3 is 15.3 Å². The van der Waals surface area contributed by atoms with Gasteiger partial charge in [0.2, 0.25) is 0 Å². The molecule has 2 aromatic rings. The van der Waals surface area contributed by atoms with Gasteiger partial charge in [0, 0.05) is 17.1 Å². The zero-order valence-electron chi connectivity index (χ0n) is 14.2. The molecule has 0 radical (unpaired) electrons. The summed E-state index contributed by atoms with van der Waals surface area (Å²) >= 11 is 24.7. The topological polar surface area (TPSA) is 52.6 Å². The molecular formula is C18H18Cl4N2O2. The van der Waals surface area contributed by atoms with Gasteiger partial charge in [0.25, 0.3) is 0 Å². The minimum atomic E-state index is -1.50. The summed E-state index contributed by atoms with van der Waals surface area (Å²) in [6.45, 7) is 0.503. The Morgan fingerprint density at radius 1 is 1.04 bits per heavy atom. The van der Waals surface area contributed by atoms with E-state index in [9.17, 15) is 9.90 Å². The van der Waals surface area contributed by atoms with Crippen LogP contribution in [-0.2, 0) is 10.3 Å². The molecule has 8 heteroatoms. The molecule has 0 aliphatic carbocycles. The number of carbonyl (C=O) groups is 1. The van der Waals surface area contributed by atoms with Gasteiger partial charge in [0.1, 0.15) is 0 Å². The number of halogens is 4. The van der Waals surface area contributed by atoms with E-state index >= 15 is 0 Å². The lowest BCUT2D eigenvalue weighted by Gasteiger charge is -2.34. The number of nitrogens with one attached hydrogen (secondary N) is 1. The molecule has 0 amide bonds. The molecule has 140 valence electrons. The predicted molar refractivity (Wildman–Crippen MR) is 109 cm³/mol. The summed E-state index contributed by atoms with van der Waals surface area (Å²) in [5.41, 5.74) is -0.691. The lowest BCUT2D eigenvalue weighted by molar-refractivity contribution is -0.143. The van der Waals surface area contributed by atoms with Gasteiger partial charge in [-0.3, -0.25) is 0 Å². The van der Waals surface area contributed by atoms with Crippen LogP contribution in [-0.4, -0.2) is 36.6 Å². The number of rotatable bonds is 7.